The minimum Gasteiger partial charge on any atom is -0.488 e. The maximum absolute atomic E-state index is 13.5. The molecule has 0 spiro atoms. The zero-order chi connectivity index (χ0) is 20.2. The number of aromatic nitrogens is 1. The van der Waals surface area contributed by atoms with Crippen molar-refractivity contribution in [3.63, 3.8) is 0 Å². The number of ether oxygens (including phenoxy) is 1. The van der Waals surface area contributed by atoms with E-state index in [-0.39, 0.29) is 23.7 Å². The number of ketones is 1. The number of hydrogen-bond donors (Lipinski definition) is 0. The van der Waals surface area contributed by atoms with E-state index < -0.39 is 0 Å². The Bertz CT molecular complexity index is 1320. The predicted octanol–water partition coefficient (Wildman–Crippen LogP) is 4.69. The Morgan fingerprint density at radius 3 is 2.47 bits per heavy atom. The fourth-order valence-electron chi connectivity index (χ4n) is 4.95. The average molecular weight is 393 g/mol. The van der Waals surface area contributed by atoms with Gasteiger partial charge in [0.2, 0.25) is 0 Å². The summed E-state index contributed by atoms with van der Waals surface area (Å²) in [6.45, 7) is 0. The van der Waals surface area contributed by atoms with Gasteiger partial charge in [-0.25, -0.2) is 0 Å². The summed E-state index contributed by atoms with van der Waals surface area (Å²) in [6.07, 6.45) is 0.863. The molecule has 4 aromatic rings. The molecule has 0 saturated carbocycles. The van der Waals surface area contributed by atoms with Gasteiger partial charge in [-0.15, -0.1) is 0 Å². The molecular formula is C26H19NO3. The van der Waals surface area contributed by atoms with Crippen molar-refractivity contribution in [2.75, 3.05) is 0 Å². The van der Waals surface area contributed by atoms with Crippen LogP contribution in [0.25, 0.3) is 10.9 Å². The van der Waals surface area contributed by atoms with Crippen molar-refractivity contribution in [3.8, 4) is 5.75 Å². The Hall–Kier alpha value is -3.66. The first kappa shape index (κ1) is 17.2. The first-order valence-electron chi connectivity index (χ1n) is 10.2. The molecule has 2 heterocycles. The van der Waals surface area contributed by atoms with E-state index in [9.17, 15) is 9.59 Å². The maximum atomic E-state index is 13.5. The van der Waals surface area contributed by atoms with Crippen LogP contribution < -0.4 is 4.74 Å². The summed E-state index contributed by atoms with van der Waals surface area (Å²) >= 11 is 0. The molecule has 0 amide bonds. The van der Waals surface area contributed by atoms with Gasteiger partial charge in [0, 0.05) is 23.1 Å². The number of carbonyl (C=O) groups is 2. The Kier molecular flexibility index (Phi) is 3.69. The number of nitrogens with zero attached hydrogens (tertiary/aromatic N) is 1. The highest BCUT2D eigenvalue weighted by atomic mass is 16.5. The third-order valence-corrected chi connectivity index (χ3v) is 6.35. The van der Waals surface area contributed by atoms with E-state index in [0.717, 1.165) is 22.2 Å². The van der Waals surface area contributed by atoms with Gasteiger partial charge in [-0.2, -0.15) is 0 Å². The smallest absolute Gasteiger partial charge is 0.262 e. The Morgan fingerprint density at radius 2 is 1.60 bits per heavy atom. The SMILES string of the molecule is O=C1c2ccccc2O[C@@H]2Cc3c(c4ccccc4n3C(=O)c3ccccc3)C[C@H]12. The molecule has 30 heavy (non-hydrogen) atoms. The zero-order valence-electron chi connectivity index (χ0n) is 16.2. The summed E-state index contributed by atoms with van der Waals surface area (Å²) in [5.41, 5.74) is 4.24. The summed E-state index contributed by atoms with van der Waals surface area (Å²) < 4.78 is 8.08. The highest BCUT2D eigenvalue weighted by molar-refractivity contribution is 6.05. The van der Waals surface area contributed by atoms with E-state index in [1.807, 2.05) is 83.4 Å². The topological polar surface area (TPSA) is 48.3 Å². The summed E-state index contributed by atoms with van der Waals surface area (Å²) in [7, 11) is 0. The Morgan fingerprint density at radius 1 is 0.867 bits per heavy atom. The largest absolute Gasteiger partial charge is 0.488 e. The molecule has 3 aromatic carbocycles. The lowest BCUT2D eigenvalue weighted by Gasteiger charge is -2.36. The molecule has 4 nitrogen and oxygen atoms in total. The van der Waals surface area contributed by atoms with Gasteiger partial charge in [-0.05, 0) is 42.3 Å². The van der Waals surface area contributed by atoms with Gasteiger partial charge in [-0.3, -0.25) is 14.2 Å². The second kappa shape index (κ2) is 6.42. The summed E-state index contributed by atoms with van der Waals surface area (Å²) in [5, 5.41) is 1.04. The molecule has 1 aliphatic heterocycles. The van der Waals surface area contributed by atoms with Crippen LogP contribution in [-0.2, 0) is 12.8 Å². The normalized spacial score (nSPS) is 19.5. The van der Waals surface area contributed by atoms with Crippen molar-refractivity contribution in [1.29, 1.82) is 0 Å². The monoisotopic (exact) mass is 393 g/mol. The third-order valence-electron chi connectivity index (χ3n) is 6.35. The Balaban J connectivity index is 1.52. The fourth-order valence-corrected chi connectivity index (χ4v) is 4.95. The van der Waals surface area contributed by atoms with Crippen molar-refractivity contribution in [1.82, 2.24) is 4.57 Å². The van der Waals surface area contributed by atoms with Crippen molar-refractivity contribution in [2.45, 2.75) is 18.9 Å². The molecule has 4 heteroatoms. The van der Waals surface area contributed by atoms with Gasteiger partial charge in [0.1, 0.15) is 11.9 Å². The van der Waals surface area contributed by atoms with Crippen LogP contribution in [0.15, 0.2) is 78.9 Å². The van der Waals surface area contributed by atoms with Gasteiger partial charge >= 0.3 is 0 Å². The number of rotatable bonds is 1. The van der Waals surface area contributed by atoms with Crippen LogP contribution in [-0.4, -0.2) is 22.4 Å². The molecule has 0 saturated heterocycles. The molecule has 2 atom stereocenters. The minimum absolute atomic E-state index is 0.0472. The summed E-state index contributed by atoms with van der Waals surface area (Å²) in [4.78, 5) is 26.7. The van der Waals surface area contributed by atoms with Crippen LogP contribution in [0.4, 0.5) is 0 Å². The number of benzene rings is 3. The van der Waals surface area contributed by atoms with Crippen LogP contribution in [0, 0.1) is 5.92 Å². The van der Waals surface area contributed by atoms with E-state index >= 15 is 0 Å². The molecule has 1 aliphatic carbocycles. The lowest BCUT2D eigenvalue weighted by molar-refractivity contribution is 0.0629. The van der Waals surface area contributed by atoms with E-state index in [4.69, 9.17) is 4.74 Å². The van der Waals surface area contributed by atoms with Gasteiger partial charge < -0.3 is 4.74 Å². The van der Waals surface area contributed by atoms with E-state index in [0.29, 0.717) is 29.7 Å². The van der Waals surface area contributed by atoms with E-state index in [1.165, 1.54) is 0 Å². The summed E-state index contributed by atoms with van der Waals surface area (Å²) in [6, 6.07) is 24.8. The number of hydrogen-bond acceptors (Lipinski definition) is 3. The quantitative estimate of drug-likeness (QED) is 0.471. The number of fused-ring (bicyclic) bond motifs is 5. The fraction of sp³-hybridized carbons (Fsp3) is 0.154. The molecule has 2 aliphatic rings. The second-order valence-corrected chi connectivity index (χ2v) is 7.98. The molecule has 0 radical (unpaired) electrons. The number of para-hydroxylation sites is 2. The molecule has 1 aromatic heterocycles. The first-order chi connectivity index (χ1) is 14.7. The van der Waals surface area contributed by atoms with E-state index in [1.54, 1.807) is 0 Å². The van der Waals surface area contributed by atoms with Crippen LogP contribution in [0.1, 0.15) is 32.0 Å². The van der Waals surface area contributed by atoms with Crippen molar-refractivity contribution >= 4 is 22.6 Å². The first-order valence-corrected chi connectivity index (χ1v) is 10.2. The van der Waals surface area contributed by atoms with Crippen LogP contribution in [0.2, 0.25) is 0 Å². The average Bonchev–Trinajstić information content (AvgIpc) is 3.11. The summed E-state index contributed by atoms with van der Waals surface area (Å²) in [5.74, 6) is 0.510. The molecule has 0 N–H and O–H groups in total. The predicted molar refractivity (Wildman–Crippen MR) is 114 cm³/mol. The van der Waals surface area contributed by atoms with Crippen LogP contribution >= 0.6 is 0 Å². The van der Waals surface area contributed by atoms with Crippen LogP contribution in [0.3, 0.4) is 0 Å². The van der Waals surface area contributed by atoms with Gasteiger partial charge in [-0.1, -0.05) is 48.5 Å². The standard InChI is InChI=1S/C26H19NO3/c28-25-18-11-5-7-13-23(18)30-24-15-22-19(14-20(24)25)17-10-4-6-12-21(17)27(22)26(29)16-8-2-1-3-9-16/h1-13,20,24H,14-15H2/t20-,24+/m0/s1. The van der Waals surface area contributed by atoms with Gasteiger partial charge in [0.05, 0.1) is 17.0 Å². The van der Waals surface area contributed by atoms with Crippen molar-refractivity contribution in [2.24, 2.45) is 5.92 Å². The highest BCUT2D eigenvalue weighted by Crippen LogP contribution is 2.41. The van der Waals surface area contributed by atoms with Crippen molar-refractivity contribution < 1.29 is 14.3 Å². The van der Waals surface area contributed by atoms with Gasteiger partial charge in [0.25, 0.3) is 5.91 Å². The second-order valence-electron chi connectivity index (χ2n) is 7.98. The van der Waals surface area contributed by atoms with Crippen molar-refractivity contribution in [3.05, 3.63) is 101 Å². The molecule has 0 unspecified atom stereocenters. The molecule has 6 rings (SSSR count). The maximum Gasteiger partial charge on any atom is 0.262 e. The minimum atomic E-state index is -0.258. The number of carbonyl (C=O) groups excluding carboxylic acids is 2. The molecule has 146 valence electrons. The molecule has 0 bridgehead atoms. The molecular weight excluding hydrogens is 374 g/mol. The molecule has 0 fully saturated rings. The lowest BCUT2D eigenvalue weighted by Crippen LogP contribution is -2.43. The number of Topliss-reactive ketones (excluding diaryl/α,β-unsaturated/α-hetero) is 1. The zero-order valence-corrected chi connectivity index (χ0v) is 16.2. The third kappa shape index (κ3) is 2.40. The Labute approximate surface area is 173 Å². The van der Waals surface area contributed by atoms with Gasteiger partial charge in [0.15, 0.2) is 5.78 Å². The highest BCUT2D eigenvalue weighted by Gasteiger charge is 2.42. The van der Waals surface area contributed by atoms with Crippen LogP contribution in [0.5, 0.6) is 5.75 Å². The van der Waals surface area contributed by atoms with E-state index in [2.05, 4.69) is 0 Å². The lowest BCUT2D eigenvalue weighted by atomic mass is 9.78.